The molecule has 0 aromatic heterocycles. The molecule has 3 nitrogen and oxygen atoms in total. The lowest BCUT2D eigenvalue weighted by Gasteiger charge is -2.27. The van der Waals surface area contributed by atoms with Gasteiger partial charge < -0.3 is 10.4 Å². The van der Waals surface area contributed by atoms with Crippen molar-refractivity contribution in [2.75, 3.05) is 6.54 Å². The number of carbonyl (C=O) groups excluding carboxylic acids is 1. The molecule has 1 unspecified atom stereocenters. The van der Waals surface area contributed by atoms with Gasteiger partial charge in [-0.15, -0.1) is 0 Å². The summed E-state index contributed by atoms with van der Waals surface area (Å²) in [6, 6.07) is 0. The highest BCUT2D eigenvalue weighted by Crippen LogP contribution is 2.36. The highest BCUT2D eigenvalue weighted by Gasteiger charge is 2.37. The van der Waals surface area contributed by atoms with E-state index in [4.69, 9.17) is 0 Å². The number of hydrogen-bond acceptors (Lipinski definition) is 2. The van der Waals surface area contributed by atoms with Crippen molar-refractivity contribution in [2.24, 2.45) is 11.8 Å². The molecule has 0 saturated heterocycles. The van der Waals surface area contributed by atoms with E-state index in [1.807, 2.05) is 13.8 Å². The van der Waals surface area contributed by atoms with Gasteiger partial charge in [-0.3, -0.25) is 4.79 Å². The molecule has 0 spiro atoms. The smallest absolute Gasteiger partial charge is 0.248 e. The molecule has 0 aromatic rings. The van der Waals surface area contributed by atoms with Gasteiger partial charge in [-0.05, 0) is 18.8 Å². The molecule has 100 valence electrons. The SMILES string of the molecule is CC(C)C(O)CNC(=O)C1CCC(F)(F)CC1. The fourth-order valence-electron chi connectivity index (χ4n) is 1.89. The monoisotopic (exact) mass is 249 g/mol. The topological polar surface area (TPSA) is 49.3 Å². The standard InChI is InChI=1S/C12H21F2NO2/c1-8(2)10(16)7-15-11(17)9-3-5-12(13,14)6-4-9/h8-10,16H,3-7H2,1-2H3,(H,15,17). The zero-order chi connectivity index (χ0) is 13.1. The van der Waals surface area contributed by atoms with Crippen LogP contribution >= 0.6 is 0 Å². The number of nitrogens with one attached hydrogen (secondary N) is 1. The minimum absolute atomic E-state index is 0.0750. The van der Waals surface area contributed by atoms with Crippen LogP contribution in [0.1, 0.15) is 39.5 Å². The first-order chi connectivity index (χ1) is 7.82. The van der Waals surface area contributed by atoms with Gasteiger partial charge in [-0.1, -0.05) is 13.8 Å². The number of hydrogen-bond donors (Lipinski definition) is 2. The number of aliphatic hydroxyl groups is 1. The molecule has 1 fully saturated rings. The largest absolute Gasteiger partial charge is 0.391 e. The molecular weight excluding hydrogens is 228 g/mol. The highest BCUT2D eigenvalue weighted by atomic mass is 19.3. The van der Waals surface area contributed by atoms with Crippen molar-refractivity contribution in [3.8, 4) is 0 Å². The summed E-state index contributed by atoms with van der Waals surface area (Å²) in [5, 5.41) is 12.1. The van der Waals surface area contributed by atoms with E-state index in [0.717, 1.165) is 0 Å². The van der Waals surface area contributed by atoms with Gasteiger partial charge in [0.1, 0.15) is 0 Å². The molecule has 1 atom stereocenters. The van der Waals surface area contributed by atoms with Crippen LogP contribution in [-0.4, -0.2) is 29.6 Å². The van der Waals surface area contributed by atoms with Gasteiger partial charge in [0, 0.05) is 25.3 Å². The summed E-state index contributed by atoms with van der Waals surface area (Å²) in [5.41, 5.74) is 0. The van der Waals surface area contributed by atoms with Gasteiger partial charge >= 0.3 is 0 Å². The van der Waals surface area contributed by atoms with Crippen LogP contribution in [0.4, 0.5) is 8.78 Å². The van der Waals surface area contributed by atoms with Crippen molar-refractivity contribution >= 4 is 5.91 Å². The first-order valence-corrected chi connectivity index (χ1v) is 6.15. The normalized spacial score (nSPS) is 22.5. The molecule has 0 radical (unpaired) electrons. The number of aliphatic hydroxyl groups excluding tert-OH is 1. The van der Waals surface area contributed by atoms with Crippen LogP contribution in [0, 0.1) is 11.8 Å². The quantitative estimate of drug-likeness (QED) is 0.800. The van der Waals surface area contributed by atoms with Gasteiger partial charge in [0.2, 0.25) is 11.8 Å². The second kappa shape index (κ2) is 5.76. The third-order valence-electron chi connectivity index (χ3n) is 3.34. The lowest BCUT2D eigenvalue weighted by atomic mass is 9.86. The molecule has 1 aliphatic rings. The lowest BCUT2D eigenvalue weighted by Crippen LogP contribution is -2.40. The van der Waals surface area contributed by atoms with E-state index in [-0.39, 0.29) is 50.0 Å². The fraction of sp³-hybridized carbons (Fsp3) is 0.917. The molecule has 2 N–H and O–H groups in total. The van der Waals surface area contributed by atoms with E-state index in [9.17, 15) is 18.7 Å². The van der Waals surface area contributed by atoms with E-state index in [1.54, 1.807) is 0 Å². The Labute approximate surface area is 101 Å². The third-order valence-corrected chi connectivity index (χ3v) is 3.34. The Morgan fingerprint density at radius 3 is 2.41 bits per heavy atom. The van der Waals surface area contributed by atoms with Gasteiger partial charge in [-0.2, -0.15) is 0 Å². The summed E-state index contributed by atoms with van der Waals surface area (Å²) in [4.78, 5) is 11.7. The minimum Gasteiger partial charge on any atom is -0.391 e. The Morgan fingerprint density at radius 2 is 1.94 bits per heavy atom. The van der Waals surface area contributed by atoms with Crippen molar-refractivity contribution in [1.82, 2.24) is 5.32 Å². The summed E-state index contributed by atoms with van der Waals surface area (Å²) in [6.45, 7) is 3.92. The molecule has 0 aromatic carbocycles. The zero-order valence-electron chi connectivity index (χ0n) is 10.4. The Balaban J connectivity index is 2.30. The van der Waals surface area contributed by atoms with E-state index in [1.165, 1.54) is 0 Å². The zero-order valence-corrected chi connectivity index (χ0v) is 10.4. The van der Waals surface area contributed by atoms with Crippen molar-refractivity contribution in [3.05, 3.63) is 0 Å². The van der Waals surface area contributed by atoms with E-state index < -0.39 is 12.0 Å². The number of rotatable bonds is 4. The lowest BCUT2D eigenvalue weighted by molar-refractivity contribution is -0.129. The predicted molar refractivity (Wildman–Crippen MR) is 60.8 cm³/mol. The Morgan fingerprint density at radius 1 is 1.41 bits per heavy atom. The van der Waals surface area contributed by atoms with Crippen LogP contribution in [0.3, 0.4) is 0 Å². The molecule has 0 heterocycles. The predicted octanol–water partition coefficient (Wildman–Crippen LogP) is 1.95. The van der Waals surface area contributed by atoms with Gasteiger partial charge in [-0.25, -0.2) is 8.78 Å². The summed E-state index contributed by atoms with van der Waals surface area (Å²) in [7, 11) is 0. The Hall–Kier alpha value is -0.710. The van der Waals surface area contributed by atoms with Crippen LogP contribution in [-0.2, 0) is 4.79 Å². The van der Waals surface area contributed by atoms with Gasteiger partial charge in [0.25, 0.3) is 0 Å². The molecule has 1 amide bonds. The molecule has 17 heavy (non-hydrogen) atoms. The van der Waals surface area contributed by atoms with E-state index in [0.29, 0.717) is 0 Å². The summed E-state index contributed by atoms with van der Waals surface area (Å²) >= 11 is 0. The van der Waals surface area contributed by atoms with Crippen LogP contribution in [0.15, 0.2) is 0 Å². The highest BCUT2D eigenvalue weighted by molar-refractivity contribution is 5.78. The third kappa shape index (κ3) is 4.58. The van der Waals surface area contributed by atoms with Crippen LogP contribution in [0.25, 0.3) is 0 Å². The minimum atomic E-state index is -2.60. The second-order valence-electron chi connectivity index (χ2n) is 5.19. The van der Waals surface area contributed by atoms with Crippen LogP contribution in [0.5, 0.6) is 0 Å². The van der Waals surface area contributed by atoms with Gasteiger partial charge in [0.15, 0.2) is 0 Å². The Kier molecular flexibility index (Phi) is 4.86. The van der Waals surface area contributed by atoms with E-state index >= 15 is 0 Å². The summed E-state index contributed by atoms with van der Waals surface area (Å²) in [6.07, 6.45) is -0.535. The molecule has 5 heteroatoms. The molecule has 0 bridgehead atoms. The van der Waals surface area contributed by atoms with Crippen molar-refractivity contribution in [2.45, 2.75) is 51.6 Å². The Bertz CT molecular complexity index is 259. The van der Waals surface area contributed by atoms with E-state index in [2.05, 4.69) is 5.32 Å². The van der Waals surface area contributed by atoms with Crippen molar-refractivity contribution < 1.29 is 18.7 Å². The maximum absolute atomic E-state index is 12.9. The summed E-state index contributed by atoms with van der Waals surface area (Å²) in [5.74, 6) is -3.06. The van der Waals surface area contributed by atoms with Crippen molar-refractivity contribution in [3.63, 3.8) is 0 Å². The molecular formula is C12H21F2NO2. The van der Waals surface area contributed by atoms with Crippen LogP contribution in [0.2, 0.25) is 0 Å². The van der Waals surface area contributed by atoms with Crippen LogP contribution < -0.4 is 5.32 Å². The average molecular weight is 249 g/mol. The second-order valence-corrected chi connectivity index (χ2v) is 5.19. The molecule has 1 rings (SSSR count). The molecule has 0 aliphatic heterocycles. The maximum atomic E-state index is 12.9. The summed E-state index contributed by atoms with van der Waals surface area (Å²) < 4.78 is 25.8. The number of alkyl halides is 2. The molecule has 1 aliphatic carbocycles. The maximum Gasteiger partial charge on any atom is 0.248 e. The average Bonchev–Trinajstić information content (AvgIpc) is 2.25. The van der Waals surface area contributed by atoms with Gasteiger partial charge in [0.05, 0.1) is 6.10 Å². The fourth-order valence-corrected chi connectivity index (χ4v) is 1.89. The molecule has 1 saturated carbocycles. The van der Waals surface area contributed by atoms with Crippen molar-refractivity contribution in [1.29, 1.82) is 0 Å². The first-order valence-electron chi connectivity index (χ1n) is 6.15. The number of amides is 1. The number of carbonyl (C=O) groups is 1. The number of halogens is 2. The first kappa shape index (κ1) is 14.4.